The number of carbonyl (C=O) groups is 1. The fraction of sp³-hybridized carbons (Fsp3) is 0.917. The lowest BCUT2D eigenvalue weighted by Crippen LogP contribution is -2.38. The summed E-state index contributed by atoms with van der Waals surface area (Å²) in [7, 11) is 0. The van der Waals surface area contributed by atoms with E-state index in [-0.39, 0.29) is 12.5 Å². The molecular formula is C12H23NO2. The Labute approximate surface area is 92.5 Å². The molecule has 0 aromatic heterocycles. The normalized spacial score (nSPS) is 18.1. The number of likely N-dealkylation sites (tertiary alicyclic amines) is 1. The van der Waals surface area contributed by atoms with E-state index in [9.17, 15) is 4.79 Å². The number of unbranched alkanes of at least 4 members (excludes halogenated alkanes) is 1. The van der Waals surface area contributed by atoms with Crippen molar-refractivity contribution in [2.75, 3.05) is 19.7 Å². The number of hydrogen-bond acceptors (Lipinski definition) is 2. The van der Waals surface area contributed by atoms with Crippen molar-refractivity contribution in [3.8, 4) is 0 Å². The molecule has 0 bridgehead atoms. The Bertz CT molecular complexity index is 186. The molecular weight excluding hydrogens is 190 g/mol. The van der Waals surface area contributed by atoms with Crippen LogP contribution in [0.1, 0.15) is 45.4 Å². The molecule has 3 nitrogen and oxygen atoms in total. The summed E-state index contributed by atoms with van der Waals surface area (Å²) in [6.07, 6.45) is 5.76. The third-order valence-corrected chi connectivity index (χ3v) is 3.34. The molecule has 0 unspecified atom stereocenters. The van der Waals surface area contributed by atoms with E-state index in [1.165, 1.54) is 19.3 Å². The van der Waals surface area contributed by atoms with Gasteiger partial charge in [-0.2, -0.15) is 0 Å². The highest BCUT2D eigenvalue weighted by Crippen LogP contribution is 2.20. The predicted octanol–water partition coefficient (Wildman–Crippen LogP) is 1.80. The first kappa shape index (κ1) is 12.5. The number of rotatable bonds is 5. The zero-order valence-corrected chi connectivity index (χ0v) is 9.74. The standard InChI is InChI=1S/C12H23NO2/c1-2-11-6-8-13(9-7-11)12(15)5-3-4-10-14/h11,14H,2-10H2,1H3. The van der Waals surface area contributed by atoms with Gasteiger partial charge >= 0.3 is 0 Å². The lowest BCUT2D eigenvalue weighted by atomic mass is 9.94. The summed E-state index contributed by atoms with van der Waals surface area (Å²) in [6.45, 7) is 4.31. The number of piperidine rings is 1. The number of nitrogens with zero attached hydrogens (tertiary/aromatic N) is 1. The minimum atomic E-state index is 0.200. The maximum Gasteiger partial charge on any atom is 0.222 e. The van der Waals surface area contributed by atoms with Gasteiger partial charge in [0.25, 0.3) is 0 Å². The third kappa shape index (κ3) is 4.20. The number of aliphatic hydroxyl groups excluding tert-OH is 1. The summed E-state index contributed by atoms with van der Waals surface area (Å²) in [5, 5.41) is 8.63. The minimum absolute atomic E-state index is 0.200. The molecule has 1 aliphatic rings. The topological polar surface area (TPSA) is 40.5 Å². The van der Waals surface area contributed by atoms with Gasteiger partial charge < -0.3 is 10.0 Å². The first-order valence-electron chi connectivity index (χ1n) is 6.16. The Hall–Kier alpha value is -0.570. The Morgan fingerprint density at radius 2 is 2.00 bits per heavy atom. The van der Waals surface area contributed by atoms with Crippen LogP contribution in [-0.2, 0) is 4.79 Å². The lowest BCUT2D eigenvalue weighted by molar-refractivity contribution is -0.132. The van der Waals surface area contributed by atoms with Gasteiger partial charge in [-0.1, -0.05) is 13.3 Å². The Balaban J connectivity index is 2.18. The van der Waals surface area contributed by atoms with Crippen molar-refractivity contribution in [3.63, 3.8) is 0 Å². The highest BCUT2D eigenvalue weighted by atomic mass is 16.3. The first-order valence-corrected chi connectivity index (χ1v) is 6.16. The number of amides is 1. The monoisotopic (exact) mass is 213 g/mol. The van der Waals surface area contributed by atoms with Crippen LogP contribution < -0.4 is 0 Å². The van der Waals surface area contributed by atoms with Gasteiger partial charge in [0.2, 0.25) is 5.91 Å². The van der Waals surface area contributed by atoms with Crippen LogP contribution in [0.3, 0.4) is 0 Å². The van der Waals surface area contributed by atoms with Crippen LogP contribution in [0.25, 0.3) is 0 Å². The van der Waals surface area contributed by atoms with Crippen LogP contribution >= 0.6 is 0 Å². The first-order chi connectivity index (χ1) is 7.27. The summed E-state index contributed by atoms with van der Waals surface area (Å²) in [6, 6.07) is 0. The van der Waals surface area contributed by atoms with Crippen molar-refractivity contribution in [1.29, 1.82) is 0 Å². The van der Waals surface area contributed by atoms with E-state index in [1.54, 1.807) is 0 Å². The molecule has 15 heavy (non-hydrogen) atoms. The maximum absolute atomic E-state index is 11.7. The van der Waals surface area contributed by atoms with E-state index < -0.39 is 0 Å². The van der Waals surface area contributed by atoms with Crippen molar-refractivity contribution in [2.45, 2.75) is 45.4 Å². The summed E-state index contributed by atoms with van der Waals surface area (Å²) in [5.41, 5.74) is 0. The molecule has 1 N–H and O–H groups in total. The van der Waals surface area contributed by atoms with Gasteiger partial charge in [-0.15, -0.1) is 0 Å². The number of carbonyl (C=O) groups excluding carboxylic acids is 1. The van der Waals surface area contributed by atoms with E-state index in [4.69, 9.17) is 5.11 Å². The molecule has 0 radical (unpaired) electrons. The van der Waals surface area contributed by atoms with E-state index >= 15 is 0 Å². The molecule has 1 fully saturated rings. The number of hydrogen-bond donors (Lipinski definition) is 1. The van der Waals surface area contributed by atoms with Gasteiger partial charge in [-0.25, -0.2) is 0 Å². The van der Waals surface area contributed by atoms with Gasteiger partial charge in [-0.05, 0) is 31.6 Å². The maximum atomic E-state index is 11.7. The predicted molar refractivity (Wildman–Crippen MR) is 60.5 cm³/mol. The van der Waals surface area contributed by atoms with Crippen molar-refractivity contribution in [1.82, 2.24) is 4.90 Å². The summed E-state index contributed by atoms with van der Waals surface area (Å²) in [5.74, 6) is 1.10. The smallest absolute Gasteiger partial charge is 0.222 e. The molecule has 88 valence electrons. The van der Waals surface area contributed by atoms with Crippen molar-refractivity contribution in [2.24, 2.45) is 5.92 Å². The van der Waals surface area contributed by atoms with Crippen LogP contribution in [0.2, 0.25) is 0 Å². The fourth-order valence-electron chi connectivity index (χ4n) is 2.14. The molecule has 3 heteroatoms. The highest BCUT2D eigenvalue weighted by Gasteiger charge is 2.20. The average molecular weight is 213 g/mol. The third-order valence-electron chi connectivity index (χ3n) is 3.34. The van der Waals surface area contributed by atoms with E-state index in [0.29, 0.717) is 6.42 Å². The molecule has 1 heterocycles. The number of aliphatic hydroxyl groups is 1. The molecule has 1 rings (SSSR count). The van der Waals surface area contributed by atoms with E-state index in [1.807, 2.05) is 4.90 Å². The Kier molecular flexibility index (Phi) is 5.69. The second-order valence-corrected chi connectivity index (χ2v) is 4.41. The van der Waals surface area contributed by atoms with Crippen LogP contribution in [0.5, 0.6) is 0 Å². The highest BCUT2D eigenvalue weighted by molar-refractivity contribution is 5.76. The van der Waals surface area contributed by atoms with E-state index in [2.05, 4.69) is 6.92 Å². The van der Waals surface area contributed by atoms with Crippen LogP contribution in [0.15, 0.2) is 0 Å². The molecule has 0 aliphatic carbocycles. The molecule has 1 saturated heterocycles. The molecule has 1 amide bonds. The van der Waals surface area contributed by atoms with Gasteiger partial charge in [-0.3, -0.25) is 4.79 Å². The molecule has 0 spiro atoms. The largest absolute Gasteiger partial charge is 0.396 e. The second kappa shape index (κ2) is 6.83. The Morgan fingerprint density at radius 1 is 1.33 bits per heavy atom. The van der Waals surface area contributed by atoms with Crippen LogP contribution in [0, 0.1) is 5.92 Å². The average Bonchev–Trinajstić information content (AvgIpc) is 2.29. The second-order valence-electron chi connectivity index (χ2n) is 4.41. The quantitative estimate of drug-likeness (QED) is 0.707. The van der Waals surface area contributed by atoms with Crippen molar-refractivity contribution >= 4 is 5.91 Å². The Morgan fingerprint density at radius 3 is 2.53 bits per heavy atom. The fourth-order valence-corrected chi connectivity index (χ4v) is 2.14. The van der Waals surface area contributed by atoms with Gasteiger partial charge in [0.05, 0.1) is 0 Å². The van der Waals surface area contributed by atoms with Crippen molar-refractivity contribution < 1.29 is 9.90 Å². The molecule has 0 atom stereocenters. The summed E-state index contributed by atoms with van der Waals surface area (Å²) >= 11 is 0. The summed E-state index contributed by atoms with van der Waals surface area (Å²) in [4.78, 5) is 13.7. The molecule has 0 saturated carbocycles. The zero-order chi connectivity index (χ0) is 11.1. The molecule has 1 aliphatic heterocycles. The lowest BCUT2D eigenvalue weighted by Gasteiger charge is -2.31. The van der Waals surface area contributed by atoms with Crippen LogP contribution in [0.4, 0.5) is 0 Å². The SMILES string of the molecule is CCC1CCN(C(=O)CCCCO)CC1. The van der Waals surface area contributed by atoms with Crippen molar-refractivity contribution in [3.05, 3.63) is 0 Å². The molecule has 0 aromatic carbocycles. The summed E-state index contributed by atoms with van der Waals surface area (Å²) < 4.78 is 0. The van der Waals surface area contributed by atoms with Gasteiger partial charge in [0, 0.05) is 26.1 Å². The van der Waals surface area contributed by atoms with Gasteiger partial charge in [0.15, 0.2) is 0 Å². The van der Waals surface area contributed by atoms with E-state index in [0.717, 1.165) is 31.8 Å². The zero-order valence-electron chi connectivity index (χ0n) is 9.74. The molecule has 0 aromatic rings. The van der Waals surface area contributed by atoms with Crippen LogP contribution in [-0.4, -0.2) is 35.6 Å². The van der Waals surface area contributed by atoms with Gasteiger partial charge in [0.1, 0.15) is 0 Å². The minimum Gasteiger partial charge on any atom is -0.396 e.